The van der Waals surface area contributed by atoms with Gasteiger partial charge in [-0.25, -0.2) is 0 Å². The maximum atomic E-state index is 8.96. The Balaban J connectivity index is 3.16. The van der Waals surface area contributed by atoms with Gasteiger partial charge in [0.1, 0.15) is 0 Å². The van der Waals surface area contributed by atoms with Gasteiger partial charge in [-0.2, -0.15) is 0 Å². The molecule has 0 aromatic heterocycles. The Morgan fingerprint density at radius 2 is 1.90 bits per heavy atom. The Kier molecular flexibility index (Phi) is 5.64. The minimum absolute atomic E-state index is 0.200. The Morgan fingerprint density at radius 3 is 2.30 bits per heavy atom. The molecule has 0 bridgehead atoms. The summed E-state index contributed by atoms with van der Waals surface area (Å²) in [7, 11) is 0. The van der Waals surface area contributed by atoms with Crippen LogP contribution in [0.15, 0.2) is 0 Å². The molecule has 2 N–H and O–H groups in total. The van der Waals surface area contributed by atoms with Crippen molar-refractivity contribution in [3.8, 4) is 0 Å². The molecule has 2 unspecified atom stereocenters. The average molecular weight is 146 g/mol. The molecule has 0 aliphatic rings. The minimum atomic E-state index is -0.200. The van der Waals surface area contributed by atoms with Gasteiger partial charge in [0.05, 0.1) is 6.10 Å². The van der Waals surface area contributed by atoms with E-state index in [1.807, 2.05) is 0 Å². The van der Waals surface area contributed by atoms with Crippen molar-refractivity contribution in [2.24, 2.45) is 5.92 Å². The third-order valence-electron chi connectivity index (χ3n) is 1.60. The Morgan fingerprint density at radius 1 is 1.30 bits per heavy atom. The summed E-state index contributed by atoms with van der Waals surface area (Å²) in [5, 5.41) is 17.4. The second kappa shape index (κ2) is 5.69. The van der Waals surface area contributed by atoms with Crippen LogP contribution in [-0.4, -0.2) is 22.9 Å². The summed E-state index contributed by atoms with van der Waals surface area (Å²) >= 11 is 0. The summed E-state index contributed by atoms with van der Waals surface area (Å²) < 4.78 is 0. The Labute approximate surface area is 62.9 Å². The van der Waals surface area contributed by atoms with Crippen LogP contribution in [0.2, 0.25) is 0 Å². The van der Waals surface area contributed by atoms with Gasteiger partial charge in [0.2, 0.25) is 0 Å². The number of rotatable bonds is 5. The molecular formula is C8H18O2. The summed E-state index contributed by atoms with van der Waals surface area (Å²) in [6.45, 7) is 4.17. The maximum absolute atomic E-state index is 8.96. The van der Waals surface area contributed by atoms with Crippen LogP contribution in [0.5, 0.6) is 0 Å². The Hall–Kier alpha value is -0.0800. The third kappa shape index (κ3) is 6.05. The lowest BCUT2D eigenvalue weighted by atomic mass is 9.99. The monoisotopic (exact) mass is 146 g/mol. The van der Waals surface area contributed by atoms with E-state index in [9.17, 15) is 0 Å². The molecule has 2 atom stereocenters. The fraction of sp³-hybridized carbons (Fsp3) is 1.00. The number of aliphatic hydroxyl groups excluding tert-OH is 2. The topological polar surface area (TPSA) is 40.5 Å². The predicted octanol–water partition coefficient (Wildman–Crippen LogP) is 1.17. The van der Waals surface area contributed by atoms with Crippen molar-refractivity contribution in [2.75, 3.05) is 6.61 Å². The van der Waals surface area contributed by atoms with E-state index in [1.165, 1.54) is 0 Å². The molecule has 0 aromatic rings. The number of hydrogen-bond acceptors (Lipinski definition) is 2. The molecule has 10 heavy (non-hydrogen) atoms. The maximum Gasteiger partial charge on any atom is 0.0514 e. The van der Waals surface area contributed by atoms with Gasteiger partial charge >= 0.3 is 0 Å². The lowest BCUT2D eigenvalue weighted by Gasteiger charge is -2.11. The van der Waals surface area contributed by atoms with Crippen molar-refractivity contribution in [1.82, 2.24) is 0 Å². The molecule has 0 spiro atoms. The predicted molar refractivity (Wildman–Crippen MR) is 41.8 cm³/mol. The first-order valence-corrected chi connectivity index (χ1v) is 3.95. The van der Waals surface area contributed by atoms with Crippen molar-refractivity contribution in [3.63, 3.8) is 0 Å². The van der Waals surface area contributed by atoms with Crippen LogP contribution >= 0.6 is 0 Å². The lowest BCUT2D eigenvalue weighted by molar-refractivity contribution is 0.158. The van der Waals surface area contributed by atoms with Gasteiger partial charge < -0.3 is 10.2 Å². The van der Waals surface area contributed by atoms with Gasteiger partial charge in [0.15, 0.2) is 0 Å². The standard InChI is InChI=1S/C8H18O2/c1-7(4-3-5-9)6-8(2)10/h7-10H,3-6H2,1-2H3. The smallest absolute Gasteiger partial charge is 0.0514 e. The van der Waals surface area contributed by atoms with Gasteiger partial charge in [0, 0.05) is 6.61 Å². The quantitative estimate of drug-likeness (QED) is 0.611. The average Bonchev–Trinajstić information content (AvgIpc) is 1.82. The van der Waals surface area contributed by atoms with E-state index in [0.29, 0.717) is 5.92 Å². The zero-order valence-electron chi connectivity index (χ0n) is 6.88. The highest BCUT2D eigenvalue weighted by molar-refractivity contribution is 4.56. The van der Waals surface area contributed by atoms with Gasteiger partial charge in [-0.3, -0.25) is 0 Å². The molecule has 2 nitrogen and oxygen atoms in total. The largest absolute Gasteiger partial charge is 0.396 e. The molecule has 0 fully saturated rings. The van der Waals surface area contributed by atoms with E-state index in [4.69, 9.17) is 10.2 Å². The molecule has 0 radical (unpaired) electrons. The number of aliphatic hydroxyl groups is 2. The molecule has 0 aliphatic carbocycles. The Bertz CT molecular complexity index is 71.7. The van der Waals surface area contributed by atoms with Crippen molar-refractivity contribution in [1.29, 1.82) is 0 Å². The van der Waals surface area contributed by atoms with Gasteiger partial charge in [-0.1, -0.05) is 6.92 Å². The lowest BCUT2D eigenvalue weighted by Crippen LogP contribution is -2.07. The van der Waals surface area contributed by atoms with Crippen molar-refractivity contribution in [3.05, 3.63) is 0 Å². The SMILES string of the molecule is CC(O)CC(C)CCCO. The van der Waals surface area contributed by atoms with Crippen molar-refractivity contribution in [2.45, 2.75) is 39.2 Å². The van der Waals surface area contributed by atoms with E-state index in [0.717, 1.165) is 19.3 Å². The van der Waals surface area contributed by atoms with E-state index in [1.54, 1.807) is 6.92 Å². The van der Waals surface area contributed by atoms with Crippen LogP contribution in [0, 0.1) is 5.92 Å². The van der Waals surface area contributed by atoms with Crippen molar-refractivity contribution >= 4 is 0 Å². The minimum Gasteiger partial charge on any atom is -0.396 e. The van der Waals surface area contributed by atoms with Crippen LogP contribution in [0.4, 0.5) is 0 Å². The molecule has 2 heteroatoms. The molecule has 0 saturated heterocycles. The van der Waals surface area contributed by atoms with E-state index >= 15 is 0 Å². The second-order valence-electron chi connectivity index (χ2n) is 3.06. The van der Waals surface area contributed by atoms with Gasteiger partial charge in [-0.15, -0.1) is 0 Å². The molecule has 62 valence electrons. The van der Waals surface area contributed by atoms with Crippen LogP contribution in [0.3, 0.4) is 0 Å². The summed E-state index contributed by atoms with van der Waals surface area (Å²) in [6.07, 6.45) is 2.52. The van der Waals surface area contributed by atoms with E-state index in [2.05, 4.69) is 6.92 Å². The third-order valence-corrected chi connectivity index (χ3v) is 1.60. The van der Waals surface area contributed by atoms with Crippen LogP contribution in [-0.2, 0) is 0 Å². The fourth-order valence-corrected chi connectivity index (χ4v) is 1.14. The van der Waals surface area contributed by atoms with Crippen LogP contribution < -0.4 is 0 Å². The number of hydrogen-bond donors (Lipinski definition) is 2. The van der Waals surface area contributed by atoms with Crippen LogP contribution in [0.25, 0.3) is 0 Å². The molecule has 0 aliphatic heterocycles. The van der Waals surface area contributed by atoms with Gasteiger partial charge in [-0.05, 0) is 32.1 Å². The molecule has 0 amide bonds. The van der Waals surface area contributed by atoms with E-state index < -0.39 is 0 Å². The zero-order chi connectivity index (χ0) is 7.98. The summed E-state index contributed by atoms with van der Waals surface area (Å²) in [6, 6.07) is 0. The molecule has 0 heterocycles. The zero-order valence-corrected chi connectivity index (χ0v) is 6.88. The molecule has 0 saturated carbocycles. The first-order valence-electron chi connectivity index (χ1n) is 3.95. The molecule has 0 rings (SSSR count). The van der Waals surface area contributed by atoms with Crippen LogP contribution in [0.1, 0.15) is 33.1 Å². The highest BCUT2D eigenvalue weighted by atomic mass is 16.3. The molecule has 0 aromatic carbocycles. The summed E-state index contributed by atoms with van der Waals surface area (Å²) in [5.41, 5.74) is 0. The van der Waals surface area contributed by atoms with E-state index in [-0.39, 0.29) is 12.7 Å². The highest BCUT2D eigenvalue weighted by Gasteiger charge is 2.04. The first kappa shape index (κ1) is 9.92. The summed E-state index contributed by atoms with van der Waals surface area (Å²) in [4.78, 5) is 0. The van der Waals surface area contributed by atoms with Crippen molar-refractivity contribution < 1.29 is 10.2 Å². The molecular weight excluding hydrogens is 128 g/mol. The van der Waals surface area contributed by atoms with Gasteiger partial charge in [0.25, 0.3) is 0 Å². The highest BCUT2D eigenvalue weighted by Crippen LogP contribution is 2.11. The second-order valence-corrected chi connectivity index (χ2v) is 3.06. The summed E-state index contributed by atoms with van der Waals surface area (Å²) in [5.74, 6) is 0.534. The normalized spacial score (nSPS) is 16.8. The first-order chi connectivity index (χ1) is 4.66. The fourth-order valence-electron chi connectivity index (χ4n) is 1.14.